The van der Waals surface area contributed by atoms with Crippen LogP contribution < -0.4 is 0 Å². The topological polar surface area (TPSA) is 59.7 Å². The zero-order valence-electron chi connectivity index (χ0n) is 16.6. The van der Waals surface area contributed by atoms with E-state index in [2.05, 4.69) is 4.98 Å². The number of halogens is 3. The van der Waals surface area contributed by atoms with Crippen LogP contribution in [-0.2, 0) is 9.53 Å². The van der Waals surface area contributed by atoms with E-state index in [1.54, 1.807) is 9.42 Å². The van der Waals surface area contributed by atoms with E-state index in [0.29, 0.717) is 38.2 Å². The summed E-state index contributed by atoms with van der Waals surface area (Å²) in [4.78, 5) is 17.5. The van der Waals surface area contributed by atoms with Crippen molar-refractivity contribution in [1.82, 2.24) is 19.5 Å². The quantitative estimate of drug-likeness (QED) is 0.724. The van der Waals surface area contributed by atoms with Crippen molar-refractivity contribution in [1.29, 1.82) is 0 Å². The van der Waals surface area contributed by atoms with Gasteiger partial charge < -0.3 is 9.64 Å². The van der Waals surface area contributed by atoms with Crippen molar-refractivity contribution >= 4 is 12.1 Å². The van der Waals surface area contributed by atoms with E-state index in [9.17, 15) is 18.0 Å². The fourth-order valence-electron chi connectivity index (χ4n) is 4.47. The molecule has 158 valence electrons. The van der Waals surface area contributed by atoms with Crippen molar-refractivity contribution in [3.05, 3.63) is 28.7 Å². The highest BCUT2D eigenvalue weighted by atomic mass is 19.4. The molecule has 2 aliphatic rings. The first kappa shape index (κ1) is 20.1. The third-order valence-corrected chi connectivity index (χ3v) is 6.31. The van der Waals surface area contributed by atoms with Crippen molar-refractivity contribution < 1.29 is 22.7 Å². The van der Waals surface area contributed by atoms with Crippen molar-refractivity contribution in [2.24, 2.45) is 5.92 Å². The maximum atomic E-state index is 13.0. The SMILES string of the molecule is Cc1nc2cc(C3CCC(C(F)(F)F)CC3)nn2c(C2CN(C=O)CCO2)c1C. The second kappa shape index (κ2) is 7.59. The number of carbonyl (C=O) groups is 1. The lowest BCUT2D eigenvalue weighted by molar-refractivity contribution is -0.182. The van der Waals surface area contributed by atoms with Gasteiger partial charge in [0.1, 0.15) is 6.10 Å². The Hall–Kier alpha value is -2.16. The number of amides is 1. The van der Waals surface area contributed by atoms with Crippen LogP contribution in [0.1, 0.15) is 60.4 Å². The van der Waals surface area contributed by atoms with E-state index < -0.39 is 12.1 Å². The number of hydrogen-bond donors (Lipinski definition) is 0. The Balaban J connectivity index is 1.65. The number of alkyl halides is 3. The summed E-state index contributed by atoms with van der Waals surface area (Å²) in [6, 6.07) is 1.88. The number of ether oxygens (including phenoxy) is 1. The van der Waals surface area contributed by atoms with Gasteiger partial charge in [0.15, 0.2) is 5.65 Å². The third-order valence-electron chi connectivity index (χ3n) is 6.31. The lowest BCUT2D eigenvalue weighted by atomic mass is 9.80. The van der Waals surface area contributed by atoms with Crippen LogP contribution in [0.5, 0.6) is 0 Å². The van der Waals surface area contributed by atoms with Crippen molar-refractivity contribution in [2.45, 2.75) is 57.7 Å². The second-order valence-corrected chi connectivity index (χ2v) is 8.10. The maximum Gasteiger partial charge on any atom is 0.391 e. The van der Waals surface area contributed by atoms with Crippen LogP contribution >= 0.6 is 0 Å². The number of aryl methyl sites for hydroxylation is 1. The Labute approximate surface area is 167 Å². The predicted octanol–water partition coefficient (Wildman–Crippen LogP) is 3.71. The van der Waals surface area contributed by atoms with Gasteiger partial charge in [-0.1, -0.05) is 0 Å². The lowest BCUT2D eigenvalue weighted by Crippen LogP contribution is -2.38. The number of hydrogen-bond acceptors (Lipinski definition) is 4. The van der Waals surface area contributed by atoms with E-state index in [0.717, 1.165) is 29.1 Å². The predicted molar refractivity (Wildman–Crippen MR) is 99.5 cm³/mol. The van der Waals surface area contributed by atoms with Gasteiger partial charge in [-0.2, -0.15) is 18.3 Å². The first-order chi connectivity index (χ1) is 13.8. The molecule has 4 rings (SSSR count). The fraction of sp³-hybridized carbons (Fsp3) is 0.650. The number of morpholine rings is 1. The molecule has 1 atom stereocenters. The van der Waals surface area contributed by atoms with Crippen LogP contribution in [0.15, 0.2) is 6.07 Å². The van der Waals surface area contributed by atoms with Crippen LogP contribution in [0.2, 0.25) is 0 Å². The summed E-state index contributed by atoms with van der Waals surface area (Å²) in [5.74, 6) is -1.21. The van der Waals surface area contributed by atoms with Crippen molar-refractivity contribution in [2.75, 3.05) is 19.7 Å². The molecule has 6 nitrogen and oxygen atoms in total. The molecule has 2 fully saturated rings. The molecule has 0 radical (unpaired) electrons. The van der Waals surface area contributed by atoms with Gasteiger partial charge in [-0.15, -0.1) is 0 Å². The number of carbonyl (C=O) groups excluding carboxylic acids is 1. The van der Waals surface area contributed by atoms with Gasteiger partial charge in [-0.05, 0) is 45.1 Å². The van der Waals surface area contributed by atoms with Gasteiger partial charge in [-0.3, -0.25) is 4.79 Å². The van der Waals surface area contributed by atoms with Gasteiger partial charge in [0.25, 0.3) is 0 Å². The number of rotatable bonds is 3. The summed E-state index contributed by atoms with van der Waals surface area (Å²) in [7, 11) is 0. The van der Waals surface area contributed by atoms with E-state index in [4.69, 9.17) is 9.84 Å². The summed E-state index contributed by atoms with van der Waals surface area (Å²) >= 11 is 0. The van der Waals surface area contributed by atoms with Gasteiger partial charge in [0.2, 0.25) is 6.41 Å². The lowest BCUT2D eigenvalue weighted by Gasteiger charge is -2.31. The minimum Gasteiger partial charge on any atom is -0.368 e. The normalized spacial score (nSPS) is 26.1. The molecule has 1 saturated heterocycles. The zero-order chi connectivity index (χ0) is 20.8. The Morgan fingerprint density at radius 1 is 1.21 bits per heavy atom. The monoisotopic (exact) mass is 410 g/mol. The molecular formula is C20H25F3N4O2. The highest BCUT2D eigenvalue weighted by Crippen LogP contribution is 2.42. The largest absolute Gasteiger partial charge is 0.391 e. The number of fused-ring (bicyclic) bond motifs is 1. The first-order valence-electron chi connectivity index (χ1n) is 10.0. The maximum absolute atomic E-state index is 13.0. The molecule has 29 heavy (non-hydrogen) atoms. The van der Waals surface area contributed by atoms with E-state index in [1.165, 1.54) is 0 Å². The van der Waals surface area contributed by atoms with Gasteiger partial charge in [0.05, 0.1) is 30.5 Å². The standard InChI is InChI=1S/C20H25F3N4O2/c1-12-13(2)24-18-9-16(14-3-5-15(6-4-14)20(21,22)23)25-27(18)19(12)17-10-26(11-28)7-8-29-17/h9,11,14-15,17H,3-8,10H2,1-2H3. The molecule has 1 aliphatic carbocycles. The first-order valence-corrected chi connectivity index (χ1v) is 10.0. The highest BCUT2D eigenvalue weighted by molar-refractivity contribution is 5.49. The average Bonchev–Trinajstić information content (AvgIpc) is 3.11. The number of aromatic nitrogens is 3. The molecule has 3 heterocycles. The Morgan fingerprint density at radius 3 is 2.59 bits per heavy atom. The zero-order valence-corrected chi connectivity index (χ0v) is 16.6. The molecule has 1 aliphatic heterocycles. The molecule has 1 amide bonds. The molecular weight excluding hydrogens is 385 g/mol. The molecule has 2 aromatic heterocycles. The summed E-state index contributed by atoms with van der Waals surface area (Å²) in [5, 5.41) is 4.74. The van der Waals surface area contributed by atoms with E-state index in [1.807, 2.05) is 19.9 Å². The van der Waals surface area contributed by atoms with Crippen LogP contribution in [-0.4, -0.2) is 51.8 Å². The molecule has 0 bridgehead atoms. The van der Waals surface area contributed by atoms with E-state index >= 15 is 0 Å². The third kappa shape index (κ3) is 3.84. The van der Waals surface area contributed by atoms with Crippen LogP contribution in [0, 0.1) is 19.8 Å². The molecule has 1 saturated carbocycles. The Kier molecular flexibility index (Phi) is 5.27. The van der Waals surface area contributed by atoms with Crippen LogP contribution in [0.3, 0.4) is 0 Å². The Bertz CT molecular complexity index is 903. The minimum atomic E-state index is -4.12. The molecule has 0 spiro atoms. The molecule has 9 heteroatoms. The van der Waals surface area contributed by atoms with Gasteiger partial charge in [-0.25, -0.2) is 9.50 Å². The van der Waals surface area contributed by atoms with Gasteiger partial charge in [0, 0.05) is 24.2 Å². The van der Waals surface area contributed by atoms with Crippen molar-refractivity contribution in [3.8, 4) is 0 Å². The number of nitrogens with zero attached hydrogens (tertiary/aromatic N) is 4. The summed E-state index contributed by atoms with van der Waals surface area (Å²) in [6.07, 6.45) is -2.38. The molecule has 2 aromatic rings. The summed E-state index contributed by atoms with van der Waals surface area (Å²) < 4.78 is 46.6. The van der Waals surface area contributed by atoms with Gasteiger partial charge >= 0.3 is 6.18 Å². The fourth-order valence-corrected chi connectivity index (χ4v) is 4.47. The molecule has 0 N–H and O–H groups in total. The van der Waals surface area contributed by atoms with Crippen LogP contribution in [0.4, 0.5) is 13.2 Å². The smallest absolute Gasteiger partial charge is 0.368 e. The van der Waals surface area contributed by atoms with Crippen molar-refractivity contribution in [3.63, 3.8) is 0 Å². The summed E-state index contributed by atoms with van der Waals surface area (Å²) in [6.45, 7) is 5.31. The molecule has 1 unspecified atom stereocenters. The summed E-state index contributed by atoms with van der Waals surface area (Å²) in [5.41, 5.74) is 4.11. The van der Waals surface area contributed by atoms with E-state index in [-0.39, 0.29) is 24.9 Å². The Morgan fingerprint density at radius 2 is 1.93 bits per heavy atom. The molecule has 0 aromatic carbocycles. The van der Waals surface area contributed by atoms with Crippen LogP contribution in [0.25, 0.3) is 5.65 Å². The minimum absolute atomic E-state index is 0.00232. The average molecular weight is 410 g/mol. The highest BCUT2D eigenvalue weighted by Gasteiger charge is 2.42. The second-order valence-electron chi connectivity index (χ2n) is 8.10.